The van der Waals surface area contributed by atoms with E-state index in [1.807, 2.05) is 32.9 Å². The predicted octanol–water partition coefficient (Wildman–Crippen LogP) is 2.99. The van der Waals surface area contributed by atoms with Crippen molar-refractivity contribution in [1.82, 2.24) is 15.5 Å². The third-order valence-corrected chi connectivity index (χ3v) is 8.39. The number of unbranched alkanes of at least 4 members (excludes halogenated alkanes) is 1. The lowest BCUT2D eigenvalue weighted by Crippen LogP contribution is -2.45. The highest BCUT2D eigenvalue weighted by molar-refractivity contribution is 5.97. The van der Waals surface area contributed by atoms with Crippen molar-refractivity contribution in [2.75, 3.05) is 66.3 Å². The number of methoxy groups -OCH3 is 1. The summed E-state index contributed by atoms with van der Waals surface area (Å²) in [5.74, 6) is 0.354. The highest BCUT2D eigenvalue weighted by Gasteiger charge is 2.30. The molecule has 43 heavy (non-hydrogen) atoms. The quantitative estimate of drug-likeness (QED) is 0.167. The summed E-state index contributed by atoms with van der Waals surface area (Å²) >= 11 is 0. The lowest BCUT2D eigenvalue weighted by atomic mass is 9.83. The van der Waals surface area contributed by atoms with Crippen LogP contribution in [0.4, 0.5) is 0 Å². The number of nitrogens with one attached hydrogen (secondary N) is 2. The number of nitrogens with two attached hydrogens (primary N) is 1. The fourth-order valence-electron chi connectivity index (χ4n) is 5.29. The molecule has 246 valence electrons. The van der Waals surface area contributed by atoms with E-state index in [9.17, 15) is 14.7 Å². The molecule has 1 aromatic rings. The van der Waals surface area contributed by atoms with E-state index in [2.05, 4.69) is 29.4 Å². The Kier molecular flexibility index (Phi) is 17.1. The average molecular weight is 607 g/mol. The zero-order chi connectivity index (χ0) is 31.8. The third-order valence-electron chi connectivity index (χ3n) is 8.39. The molecule has 1 heterocycles. The molecule has 0 spiro atoms. The van der Waals surface area contributed by atoms with Gasteiger partial charge < -0.3 is 35.7 Å². The Balaban J connectivity index is 1.90. The van der Waals surface area contributed by atoms with Gasteiger partial charge in [-0.1, -0.05) is 33.8 Å². The van der Waals surface area contributed by atoms with Crippen LogP contribution in [-0.4, -0.2) is 100 Å². The minimum Gasteiger partial charge on any atom is -0.493 e. The Labute approximate surface area is 259 Å². The van der Waals surface area contributed by atoms with Crippen LogP contribution in [0.5, 0.6) is 5.75 Å². The number of hydrogen-bond acceptors (Lipinski definition) is 8. The van der Waals surface area contributed by atoms with Crippen molar-refractivity contribution < 1.29 is 28.9 Å². The first-order chi connectivity index (χ1) is 20.5. The van der Waals surface area contributed by atoms with Gasteiger partial charge in [0.1, 0.15) is 5.75 Å². The molecule has 1 saturated heterocycles. The Morgan fingerprint density at radius 1 is 1.05 bits per heavy atom. The number of carbonyl (C=O) groups is 2. The van der Waals surface area contributed by atoms with Crippen molar-refractivity contribution in [2.45, 2.75) is 72.4 Å². The molecule has 1 aliphatic heterocycles. The van der Waals surface area contributed by atoms with Crippen molar-refractivity contribution in [3.63, 3.8) is 0 Å². The molecule has 5 N–H and O–H groups in total. The monoisotopic (exact) mass is 606 g/mol. The summed E-state index contributed by atoms with van der Waals surface area (Å²) in [5.41, 5.74) is 8.03. The van der Waals surface area contributed by atoms with Gasteiger partial charge in [0.2, 0.25) is 5.91 Å². The largest absolute Gasteiger partial charge is 0.493 e. The van der Waals surface area contributed by atoms with E-state index in [-0.39, 0.29) is 35.5 Å². The molecular weight excluding hydrogens is 548 g/mol. The predicted molar refractivity (Wildman–Crippen MR) is 170 cm³/mol. The number of aliphatic hydroxyl groups is 1. The summed E-state index contributed by atoms with van der Waals surface area (Å²) in [5, 5.41) is 17.2. The topological polar surface area (TPSA) is 135 Å². The number of carbonyl (C=O) groups excluding carboxylic acids is 2. The van der Waals surface area contributed by atoms with Crippen LogP contribution in [0, 0.1) is 30.6 Å². The maximum absolute atomic E-state index is 13.2. The minimum absolute atomic E-state index is 0.0444. The Morgan fingerprint density at radius 2 is 1.74 bits per heavy atom. The first-order valence-corrected chi connectivity index (χ1v) is 16.0. The van der Waals surface area contributed by atoms with E-state index in [0.29, 0.717) is 50.5 Å². The van der Waals surface area contributed by atoms with E-state index in [4.69, 9.17) is 19.9 Å². The van der Waals surface area contributed by atoms with Crippen LogP contribution in [-0.2, 0) is 14.3 Å². The zero-order valence-electron chi connectivity index (χ0n) is 27.4. The van der Waals surface area contributed by atoms with E-state index in [0.717, 1.165) is 51.3 Å². The number of morpholine rings is 1. The van der Waals surface area contributed by atoms with Crippen molar-refractivity contribution in [3.8, 4) is 5.75 Å². The summed E-state index contributed by atoms with van der Waals surface area (Å²) in [6, 6.07) is 5.08. The molecule has 2 amide bonds. The van der Waals surface area contributed by atoms with Gasteiger partial charge >= 0.3 is 0 Å². The van der Waals surface area contributed by atoms with Crippen LogP contribution in [0.3, 0.4) is 0 Å². The minimum atomic E-state index is -0.829. The van der Waals surface area contributed by atoms with Gasteiger partial charge in [-0.25, -0.2) is 0 Å². The summed E-state index contributed by atoms with van der Waals surface area (Å²) in [6.07, 6.45) is 1.73. The molecule has 2 rings (SSSR count). The SMILES string of the molecule is COCCCCOc1cc(C)ccc1C(=O)NC[C@@H](C[C@H](N)[C@@H](O)C[C@H](C(=O)NCCN1CCOCC1)C(C)C)C(C)C. The van der Waals surface area contributed by atoms with Crippen LogP contribution in [0.25, 0.3) is 0 Å². The van der Waals surface area contributed by atoms with Crippen LogP contribution >= 0.6 is 0 Å². The number of hydrogen-bond donors (Lipinski definition) is 4. The highest BCUT2D eigenvalue weighted by atomic mass is 16.5. The number of rotatable bonds is 20. The highest BCUT2D eigenvalue weighted by Crippen LogP contribution is 2.24. The normalized spacial score (nSPS) is 17.0. The number of benzene rings is 1. The molecule has 0 bridgehead atoms. The fraction of sp³-hybridized carbons (Fsp3) is 0.758. The molecule has 0 radical (unpaired) electrons. The van der Waals surface area contributed by atoms with Crippen molar-refractivity contribution in [1.29, 1.82) is 0 Å². The second-order valence-corrected chi connectivity index (χ2v) is 12.6. The van der Waals surface area contributed by atoms with Gasteiger partial charge in [0.05, 0.1) is 31.5 Å². The molecule has 1 aromatic carbocycles. The first kappa shape index (κ1) is 36.9. The van der Waals surface area contributed by atoms with Crippen molar-refractivity contribution in [3.05, 3.63) is 29.3 Å². The standard InChI is InChI=1S/C33H58N4O6/c1-23(2)26(22-36-32(39)27-10-9-25(5)19-31(27)43-16-8-7-15-41-6)20-29(34)30(38)21-28(24(3)4)33(40)35-11-12-37-13-17-42-18-14-37/h9-10,19,23-24,26,28-30,38H,7-8,11-18,20-22,34H2,1-6H3,(H,35,40)(H,36,39)/t26-,28+,29+,30+/m1/s1. The number of aliphatic hydroxyl groups excluding tert-OH is 1. The van der Waals surface area contributed by atoms with Crippen LogP contribution in [0.2, 0.25) is 0 Å². The van der Waals surface area contributed by atoms with Gasteiger partial charge in [-0.3, -0.25) is 14.5 Å². The molecule has 10 nitrogen and oxygen atoms in total. The Bertz CT molecular complexity index is 953. The van der Waals surface area contributed by atoms with Crippen molar-refractivity contribution >= 4 is 11.8 Å². The van der Waals surface area contributed by atoms with Gasteiger partial charge in [-0.15, -0.1) is 0 Å². The van der Waals surface area contributed by atoms with E-state index in [1.54, 1.807) is 13.2 Å². The smallest absolute Gasteiger partial charge is 0.255 e. The number of nitrogens with zero attached hydrogens (tertiary/aromatic N) is 1. The third kappa shape index (κ3) is 13.5. The molecule has 1 aliphatic rings. The molecular formula is C33H58N4O6. The summed E-state index contributed by atoms with van der Waals surface area (Å²) in [7, 11) is 1.68. The van der Waals surface area contributed by atoms with E-state index < -0.39 is 12.1 Å². The Hall–Kier alpha value is -2.24. The van der Waals surface area contributed by atoms with Gasteiger partial charge in [0.25, 0.3) is 5.91 Å². The maximum atomic E-state index is 13.2. The molecule has 4 atom stereocenters. The number of aryl methyl sites for hydroxylation is 1. The number of ether oxygens (including phenoxy) is 3. The second kappa shape index (κ2) is 19.9. The summed E-state index contributed by atoms with van der Waals surface area (Å²) in [4.78, 5) is 28.5. The Morgan fingerprint density at radius 3 is 2.40 bits per heavy atom. The lowest BCUT2D eigenvalue weighted by molar-refractivity contribution is -0.127. The van der Waals surface area contributed by atoms with Gasteiger partial charge in [-0.2, -0.15) is 0 Å². The van der Waals surface area contributed by atoms with E-state index >= 15 is 0 Å². The lowest BCUT2D eigenvalue weighted by Gasteiger charge is -2.30. The van der Waals surface area contributed by atoms with E-state index in [1.165, 1.54) is 0 Å². The van der Waals surface area contributed by atoms with Gasteiger partial charge in [-0.05, 0) is 68.1 Å². The summed E-state index contributed by atoms with van der Waals surface area (Å²) < 4.78 is 16.4. The van der Waals surface area contributed by atoms with Gasteiger partial charge in [0.15, 0.2) is 0 Å². The molecule has 0 aromatic heterocycles. The molecule has 0 unspecified atom stereocenters. The van der Waals surface area contributed by atoms with Crippen molar-refractivity contribution in [2.24, 2.45) is 29.4 Å². The van der Waals surface area contributed by atoms with Gasteiger partial charge in [0, 0.05) is 58.4 Å². The zero-order valence-corrected chi connectivity index (χ0v) is 27.4. The number of amides is 2. The summed E-state index contributed by atoms with van der Waals surface area (Å²) in [6.45, 7) is 16.3. The molecule has 10 heteroatoms. The second-order valence-electron chi connectivity index (χ2n) is 12.6. The fourth-order valence-corrected chi connectivity index (χ4v) is 5.29. The van der Waals surface area contributed by atoms with Crippen LogP contribution in [0.1, 0.15) is 69.3 Å². The first-order valence-electron chi connectivity index (χ1n) is 16.0. The van der Waals surface area contributed by atoms with Crippen LogP contribution in [0.15, 0.2) is 18.2 Å². The molecule has 0 aliphatic carbocycles. The molecule has 0 saturated carbocycles. The maximum Gasteiger partial charge on any atom is 0.255 e. The van der Waals surface area contributed by atoms with Crippen LogP contribution < -0.4 is 21.1 Å². The average Bonchev–Trinajstić information content (AvgIpc) is 2.97. The molecule has 1 fully saturated rings.